The lowest BCUT2D eigenvalue weighted by Crippen LogP contribution is -1.94. The van der Waals surface area contributed by atoms with Crippen LogP contribution in [0.4, 0.5) is 0 Å². The molecule has 0 aliphatic rings. The van der Waals surface area contributed by atoms with Crippen molar-refractivity contribution < 1.29 is 0 Å². The molecule has 0 saturated carbocycles. The van der Waals surface area contributed by atoms with E-state index in [9.17, 15) is 0 Å². The lowest BCUT2D eigenvalue weighted by atomic mass is 10.1. The molecule has 66 valence electrons. The summed E-state index contributed by atoms with van der Waals surface area (Å²) in [5, 5.41) is 7.69. The maximum Gasteiger partial charge on any atom is 0.0914 e. The Kier molecular flexibility index (Phi) is 5.02. The summed E-state index contributed by atoms with van der Waals surface area (Å²) in [5.41, 5.74) is 2.13. The van der Waals surface area contributed by atoms with E-state index >= 15 is 0 Å². The molecule has 0 fully saturated rings. The van der Waals surface area contributed by atoms with Gasteiger partial charge in [-0.15, -0.1) is 25.0 Å². The van der Waals surface area contributed by atoms with Crippen molar-refractivity contribution in [3.63, 3.8) is 0 Å². The summed E-state index contributed by atoms with van der Waals surface area (Å²) < 4.78 is 0. The molecule has 0 bridgehead atoms. The van der Waals surface area contributed by atoms with Crippen molar-refractivity contribution in [1.29, 1.82) is 5.41 Å². The van der Waals surface area contributed by atoms with E-state index in [-0.39, 0.29) is 12.4 Å². The molecule has 1 rings (SSSR count). The van der Waals surface area contributed by atoms with E-state index in [0.29, 0.717) is 5.04 Å². The number of hydrogen-bond acceptors (Lipinski definition) is 1. The van der Waals surface area contributed by atoms with Gasteiger partial charge in [-0.25, -0.2) is 0 Å². The second kappa shape index (κ2) is 5.22. The maximum absolute atomic E-state index is 7.34. The summed E-state index contributed by atoms with van der Waals surface area (Å²) in [5.74, 6) is 0. The van der Waals surface area contributed by atoms with E-state index in [4.69, 9.17) is 5.41 Å². The number of rotatable bonds is 2. The molecule has 0 radical (unpaired) electrons. The highest BCUT2D eigenvalue weighted by Crippen LogP contribution is 2.11. The summed E-state index contributed by atoms with van der Waals surface area (Å²) in [6.45, 7) is 2.08. The summed E-state index contributed by atoms with van der Waals surface area (Å²) in [4.78, 5) is 0. The molecule has 1 nitrogen and oxygen atoms in total. The van der Waals surface area contributed by atoms with Crippen LogP contribution in [0.5, 0.6) is 0 Å². The van der Waals surface area contributed by atoms with Gasteiger partial charge in [-0.2, -0.15) is 0 Å². The molecule has 3 heteroatoms. The third kappa shape index (κ3) is 2.54. The number of halogens is 1. The predicted octanol–water partition coefficient (Wildman–Crippen LogP) is 2.93. The van der Waals surface area contributed by atoms with Crippen LogP contribution in [0.25, 0.3) is 0 Å². The maximum atomic E-state index is 7.34. The Morgan fingerprint density at radius 1 is 1.42 bits per heavy atom. The summed E-state index contributed by atoms with van der Waals surface area (Å²) in [7, 11) is 0. The zero-order chi connectivity index (χ0) is 8.27. The Morgan fingerprint density at radius 3 is 2.42 bits per heavy atom. The highest BCUT2D eigenvalue weighted by Gasteiger charge is 2.00. The standard InChI is InChI=1S/C9H11NS.ClH/c1-2-7-5-3-4-6-8(7)9(10)11;/h3-6H,2H2,1H3,(H2,10,11);1H. The summed E-state index contributed by atoms with van der Waals surface area (Å²) in [6.07, 6.45) is 0.957. The molecule has 0 amide bonds. The molecule has 0 heterocycles. The SMILES string of the molecule is CCc1ccccc1C(=N)S.Cl. The first-order valence-corrected chi connectivity index (χ1v) is 4.06. The van der Waals surface area contributed by atoms with Gasteiger partial charge in [0.2, 0.25) is 0 Å². The van der Waals surface area contributed by atoms with Crippen LogP contribution in [0.1, 0.15) is 18.1 Å². The number of hydrogen-bond donors (Lipinski definition) is 2. The largest absolute Gasteiger partial charge is 0.294 e. The Morgan fingerprint density at radius 2 is 2.00 bits per heavy atom. The van der Waals surface area contributed by atoms with Crippen LogP contribution in [-0.2, 0) is 6.42 Å². The van der Waals surface area contributed by atoms with Crippen molar-refractivity contribution in [2.45, 2.75) is 13.3 Å². The minimum absolute atomic E-state index is 0. The fraction of sp³-hybridized carbons (Fsp3) is 0.222. The third-order valence-electron chi connectivity index (χ3n) is 1.65. The van der Waals surface area contributed by atoms with E-state index in [2.05, 4.69) is 19.6 Å². The van der Waals surface area contributed by atoms with Gasteiger partial charge < -0.3 is 0 Å². The van der Waals surface area contributed by atoms with Crippen molar-refractivity contribution >= 4 is 30.1 Å². The third-order valence-corrected chi connectivity index (χ3v) is 1.89. The fourth-order valence-electron chi connectivity index (χ4n) is 1.06. The quantitative estimate of drug-likeness (QED) is 0.418. The van der Waals surface area contributed by atoms with Crippen LogP contribution in [0, 0.1) is 5.41 Å². The number of thiol groups is 1. The molecule has 0 spiro atoms. The van der Waals surface area contributed by atoms with E-state index in [1.54, 1.807) is 0 Å². The van der Waals surface area contributed by atoms with E-state index in [1.807, 2.05) is 24.3 Å². The van der Waals surface area contributed by atoms with Crippen LogP contribution in [0.3, 0.4) is 0 Å². The first kappa shape index (κ1) is 11.5. The van der Waals surface area contributed by atoms with Gasteiger partial charge in [0.05, 0.1) is 5.04 Å². The zero-order valence-corrected chi connectivity index (χ0v) is 8.58. The topological polar surface area (TPSA) is 23.9 Å². The minimum atomic E-state index is 0. The molecule has 1 N–H and O–H groups in total. The molecule has 0 atom stereocenters. The average molecular weight is 202 g/mol. The first-order chi connectivity index (χ1) is 5.25. The molecular formula is C9H12ClNS. The lowest BCUT2D eigenvalue weighted by Gasteiger charge is -2.03. The van der Waals surface area contributed by atoms with Crippen LogP contribution in [0.15, 0.2) is 24.3 Å². The molecule has 0 aliphatic carbocycles. The smallest absolute Gasteiger partial charge is 0.0914 e. The van der Waals surface area contributed by atoms with Gasteiger partial charge in [0.15, 0.2) is 0 Å². The normalized spacial score (nSPS) is 8.83. The Labute approximate surface area is 84.5 Å². The van der Waals surface area contributed by atoms with E-state index in [0.717, 1.165) is 12.0 Å². The van der Waals surface area contributed by atoms with Crippen LogP contribution in [0.2, 0.25) is 0 Å². The highest BCUT2D eigenvalue weighted by molar-refractivity contribution is 7.97. The van der Waals surface area contributed by atoms with Crippen molar-refractivity contribution in [3.05, 3.63) is 35.4 Å². The molecule has 1 aromatic carbocycles. The van der Waals surface area contributed by atoms with Gasteiger partial charge in [-0.3, -0.25) is 5.41 Å². The molecule has 1 aromatic rings. The average Bonchev–Trinajstić information content (AvgIpc) is 2.04. The number of nitrogens with one attached hydrogen (secondary N) is 1. The van der Waals surface area contributed by atoms with Crippen LogP contribution >= 0.6 is 25.0 Å². The van der Waals surface area contributed by atoms with Gasteiger partial charge in [-0.1, -0.05) is 31.2 Å². The monoisotopic (exact) mass is 201 g/mol. The molecule has 0 aromatic heterocycles. The van der Waals surface area contributed by atoms with Gasteiger partial charge >= 0.3 is 0 Å². The molecule has 0 aliphatic heterocycles. The van der Waals surface area contributed by atoms with Crippen molar-refractivity contribution in [3.8, 4) is 0 Å². The van der Waals surface area contributed by atoms with Gasteiger partial charge in [0.25, 0.3) is 0 Å². The van der Waals surface area contributed by atoms with Crippen molar-refractivity contribution in [1.82, 2.24) is 0 Å². The minimum Gasteiger partial charge on any atom is -0.294 e. The zero-order valence-electron chi connectivity index (χ0n) is 6.87. The lowest BCUT2D eigenvalue weighted by molar-refractivity contribution is 1.13. The van der Waals surface area contributed by atoms with Gasteiger partial charge in [-0.05, 0) is 12.0 Å². The molecular weight excluding hydrogens is 190 g/mol. The highest BCUT2D eigenvalue weighted by atomic mass is 35.5. The number of benzene rings is 1. The molecule has 12 heavy (non-hydrogen) atoms. The summed E-state index contributed by atoms with van der Waals surface area (Å²) >= 11 is 3.99. The van der Waals surface area contributed by atoms with Crippen LogP contribution < -0.4 is 0 Å². The second-order valence-corrected chi connectivity index (χ2v) is 2.81. The fourth-order valence-corrected chi connectivity index (χ4v) is 1.28. The predicted molar refractivity (Wildman–Crippen MR) is 58.9 cm³/mol. The Hall–Kier alpha value is -0.470. The van der Waals surface area contributed by atoms with Gasteiger partial charge in [0, 0.05) is 5.56 Å². The van der Waals surface area contributed by atoms with Crippen LogP contribution in [-0.4, -0.2) is 5.04 Å². The van der Waals surface area contributed by atoms with Gasteiger partial charge in [0.1, 0.15) is 0 Å². The summed E-state index contributed by atoms with van der Waals surface area (Å²) in [6, 6.07) is 7.87. The number of aryl methyl sites for hydroxylation is 1. The first-order valence-electron chi connectivity index (χ1n) is 3.61. The Bertz CT molecular complexity index is 273. The molecule has 0 saturated heterocycles. The van der Waals surface area contributed by atoms with Crippen molar-refractivity contribution in [2.75, 3.05) is 0 Å². The molecule has 0 unspecified atom stereocenters. The second-order valence-electron chi connectivity index (χ2n) is 2.36. The van der Waals surface area contributed by atoms with Crippen molar-refractivity contribution in [2.24, 2.45) is 0 Å². The Balaban J connectivity index is 0.00000121. The van der Waals surface area contributed by atoms with E-state index in [1.165, 1.54) is 5.56 Å². The van der Waals surface area contributed by atoms with E-state index < -0.39 is 0 Å².